The molecule has 1 aliphatic rings. The van der Waals surface area contributed by atoms with Gasteiger partial charge in [0.1, 0.15) is 10.7 Å². The van der Waals surface area contributed by atoms with Gasteiger partial charge < -0.3 is 5.32 Å². The molecule has 6 nitrogen and oxygen atoms in total. The minimum Gasteiger partial charge on any atom is -0.348 e. The van der Waals surface area contributed by atoms with Crippen molar-refractivity contribution in [1.29, 1.82) is 0 Å². The van der Waals surface area contributed by atoms with Crippen molar-refractivity contribution in [2.24, 2.45) is 0 Å². The number of hydrogen-bond acceptors (Lipinski definition) is 7. The summed E-state index contributed by atoms with van der Waals surface area (Å²) < 4.78 is 2.10. The van der Waals surface area contributed by atoms with Crippen LogP contribution in [0.25, 0.3) is 16.4 Å². The molecule has 1 aromatic carbocycles. The van der Waals surface area contributed by atoms with Crippen LogP contribution in [-0.2, 0) is 5.75 Å². The first-order chi connectivity index (χ1) is 14.7. The summed E-state index contributed by atoms with van der Waals surface area (Å²) in [7, 11) is 0. The third kappa shape index (κ3) is 4.19. The molecule has 1 saturated carbocycles. The maximum absolute atomic E-state index is 12.2. The fourth-order valence-corrected chi connectivity index (χ4v) is 5.47. The maximum Gasteiger partial charge on any atom is 0.270 e. The van der Waals surface area contributed by atoms with Crippen LogP contribution >= 0.6 is 34.4 Å². The summed E-state index contributed by atoms with van der Waals surface area (Å²) in [6.45, 7) is 2.08. The van der Waals surface area contributed by atoms with Gasteiger partial charge >= 0.3 is 0 Å². The van der Waals surface area contributed by atoms with Gasteiger partial charge in [-0.1, -0.05) is 30.0 Å². The van der Waals surface area contributed by atoms with Crippen LogP contribution in [-0.4, -0.2) is 31.7 Å². The van der Waals surface area contributed by atoms with Gasteiger partial charge in [0.15, 0.2) is 11.0 Å². The second-order valence-electron chi connectivity index (χ2n) is 7.12. The van der Waals surface area contributed by atoms with Crippen LogP contribution in [0.4, 0.5) is 0 Å². The standard InChI is InChI=1S/C21H19N5OS3/c1-13-4-2-5-15(10-13)26-19(17-6-3-9-28-17)24-25-21(26)30-12-18-23-16(11-29-18)20(27)22-14-7-8-14/h2-6,9-11,14H,7-8,12H2,1H3,(H,22,27). The predicted molar refractivity (Wildman–Crippen MR) is 122 cm³/mol. The van der Waals surface area contributed by atoms with Gasteiger partial charge in [-0.3, -0.25) is 9.36 Å². The van der Waals surface area contributed by atoms with Gasteiger partial charge in [-0.05, 0) is 48.9 Å². The fourth-order valence-electron chi connectivity index (χ4n) is 3.02. The summed E-state index contributed by atoms with van der Waals surface area (Å²) >= 11 is 4.73. The molecule has 1 N–H and O–H groups in total. The molecular weight excluding hydrogens is 434 g/mol. The summed E-state index contributed by atoms with van der Waals surface area (Å²) in [4.78, 5) is 17.8. The van der Waals surface area contributed by atoms with Crippen molar-refractivity contribution in [3.05, 3.63) is 63.4 Å². The van der Waals surface area contributed by atoms with Crippen molar-refractivity contribution in [3.63, 3.8) is 0 Å². The highest BCUT2D eigenvalue weighted by atomic mass is 32.2. The number of aromatic nitrogens is 4. The lowest BCUT2D eigenvalue weighted by Crippen LogP contribution is -2.25. The Hall–Kier alpha value is -2.49. The molecule has 0 bridgehead atoms. The molecule has 3 aromatic heterocycles. The lowest BCUT2D eigenvalue weighted by molar-refractivity contribution is 0.0946. The number of thiazole rings is 1. The first kappa shape index (κ1) is 19.5. The molecule has 0 unspecified atom stereocenters. The van der Waals surface area contributed by atoms with E-state index in [1.165, 1.54) is 16.9 Å². The van der Waals surface area contributed by atoms with Gasteiger partial charge in [-0.25, -0.2) is 4.98 Å². The highest BCUT2D eigenvalue weighted by molar-refractivity contribution is 7.98. The topological polar surface area (TPSA) is 72.7 Å². The van der Waals surface area contributed by atoms with E-state index in [1.54, 1.807) is 23.1 Å². The highest BCUT2D eigenvalue weighted by Crippen LogP contribution is 2.32. The largest absolute Gasteiger partial charge is 0.348 e. The Morgan fingerprint density at radius 2 is 2.13 bits per heavy atom. The van der Waals surface area contributed by atoms with E-state index in [4.69, 9.17) is 0 Å². The molecule has 1 amide bonds. The molecule has 0 aliphatic heterocycles. The second-order valence-corrected chi connectivity index (χ2v) is 9.95. The van der Waals surface area contributed by atoms with Gasteiger partial charge in [0.2, 0.25) is 0 Å². The number of thiophene rings is 1. The quantitative estimate of drug-likeness (QED) is 0.401. The molecule has 30 heavy (non-hydrogen) atoms. The van der Waals surface area contributed by atoms with Crippen LogP contribution in [0.5, 0.6) is 0 Å². The number of hydrogen-bond donors (Lipinski definition) is 1. The average molecular weight is 454 g/mol. The predicted octanol–water partition coefficient (Wildman–Crippen LogP) is 4.95. The number of nitrogens with one attached hydrogen (secondary N) is 1. The van der Waals surface area contributed by atoms with Crippen molar-refractivity contribution >= 4 is 40.3 Å². The highest BCUT2D eigenvalue weighted by Gasteiger charge is 2.25. The van der Waals surface area contributed by atoms with Gasteiger partial charge in [0, 0.05) is 11.4 Å². The summed E-state index contributed by atoms with van der Waals surface area (Å²) in [5, 5.41) is 17.5. The van der Waals surface area contributed by atoms with Crippen molar-refractivity contribution in [1.82, 2.24) is 25.1 Å². The molecule has 4 aromatic rings. The number of rotatable bonds is 7. The lowest BCUT2D eigenvalue weighted by atomic mass is 10.2. The van der Waals surface area contributed by atoms with Crippen LogP contribution in [0.2, 0.25) is 0 Å². The minimum absolute atomic E-state index is 0.0760. The smallest absolute Gasteiger partial charge is 0.270 e. The number of amides is 1. The van der Waals surface area contributed by atoms with E-state index in [0.717, 1.165) is 39.4 Å². The molecule has 0 atom stereocenters. The van der Waals surface area contributed by atoms with E-state index in [2.05, 4.69) is 56.3 Å². The van der Waals surface area contributed by atoms with E-state index < -0.39 is 0 Å². The monoisotopic (exact) mass is 453 g/mol. The van der Waals surface area contributed by atoms with Crippen molar-refractivity contribution in [2.45, 2.75) is 36.7 Å². The molecule has 1 aliphatic carbocycles. The Bertz CT molecular complexity index is 1180. The Morgan fingerprint density at radius 1 is 1.23 bits per heavy atom. The minimum atomic E-state index is -0.0760. The summed E-state index contributed by atoms with van der Waals surface area (Å²) in [5.74, 6) is 1.39. The first-order valence-corrected chi connectivity index (χ1v) is 12.4. The van der Waals surface area contributed by atoms with Crippen LogP contribution in [0.1, 0.15) is 33.9 Å². The number of benzene rings is 1. The molecular formula is C21H19N5OS3. The Labute approximate surface area is 186 Å². The zero-order valence-electron chi connectivity index (χ0n) is 16.2. The van der Waals surface area contributed by atoms with Crippen LogP contribution in [0, 0.1) is 6.92 Å². The van der Waals surface area contributed by atoms with E-state index in [-0.39, 0.29) is 5.91 Å². The molecule has 0 saturated heterocycles. The van der Waals surface area contributed by atoms with Gasteiger partial charge in [0.25, 0.3) is 5.91 Å². The number of thioether (sulfide) groups is 1. The SMILES string of the molecule is Cc1cccc(-n2c(SCc3nc(C(=O)NC4CC4)cs3)nnc2-c2cccs2)c1. The zero-order chi connectivity index (χ0) is 20.5. The molecule has 0 spiro atoms. The molecule has 3 heterocycles. The first-order valence-electron chi connectivity index (χ1n) is 9.62. The third-order valence-corrected chi connectivity index (χ3v) is 7.49. The van der Waals surface area contributed by atoms with Crippen molar-refractivity contribution in [2.75, 3.05) is 0 Å². The van der Waals surface area contributed by atoms with Crippen LogP contribution < -0.4 is 5.32 Å². The maximum atomic E-state index is 12.2. The number of carbonyl (C=O) groups excluding carboxylic acids is 1. The van der Waals surface area contributed by atoms with Crippen LogP contribution in [0.15, 0.2) is 52.3 Å². The molecule has 5 rings (SSSR count). The van der Waals surface area contributed by atoms with E-state index in [1.807, 2.05) is 22.9 Å². The molecule has 152 valence electrons. The fraction of sp³-hybridized carbons (Fsp3) is 0.238. The second kappa shape index (κ2) is 8.33. The Kier molecular flexibility index (Phi) is 5.41. The summed E-state index contributed by atoms with van der Waals surface area (Å²) in [5.41, 5.74) is 2.72. The Morgan fingerprint density at radius 3 is 2.90 bits per heavy atom. The normalized spacial score (nSPS) is 13.5. The number of aryl methyl sites for hydroxylation is 1. The van der Waals surface area contributed by atoms with Crippen molar-refractivity contribution in [3.8, 4) is 16.4 Å². The van der Waals surface area contributed by atoms with Gasteiger partial charge in [-0.15, -0.1) is 32.9 Å². The zero-order valence-corrected chi connectivity index (χ0v) is 18.7. The van der Waals surface area contributed by atoms with Gasteiger partial charge in [-0.2, -0.15) is 0 Å². The average Bonchev–Trinajstić information content (AvgIpc) is 3.18. The summed E-state index contributed by atoms with van der Waals surface area (Å²) in [6.07, 6.45) is 2.14. The summed E-state index contributed by atoms with van der Waals surface area (Å²) in [6, 6.07) is 12.7. The molecule has 0 radical (unpaired) electrons. The van der Waals surface area contributed by atoms with Crippen molar-refractivity contribution < 1.29 is 4.79 Å². The molecule has 1 fully saturated rings. The van der Waals surface area contributed by atoms with E-state index in [9.17, 15) is 4.79 Å². The van der Waals surface area contributed by atoms with E-state index >= 15 is 0 Å². The lowest BCUT2D eigenvalue weighted by Gasteiger charge is -2.10. The molecule has 9 heteroatoms. The number of carbonyl (C=O) groups is 1. The van der Waals surface area contributed by atoms with Crippen LogP contribution in [0.3, 0.4) is 0 Å². The number of nitrogens with zero attached hydrogens (tertiary/aromatic N) is 4. The van der Waals surface area contributed by atoms with Gasteiger partial charge in [0.05, 0.1) is 16.3 Å². The third-order valence-electron chi connectivity index (χ3n) is 4.66. The Balaban J connectivity index is 1.39. The van der Waals surface area contributed by atoms with E-state index in [0.29, 0.717) is 17.5 Å².